The van der Waals surface area contributed by atoms with Crippen molar-refractivity contribution in [2.24, 2.45) is 0 Å². The number of anilines is 1. The van der Waals surface area contributed by atoms with Gasteiger partial charge < -0.3 is 20.5 Å². The molecule has 1 aliphatic heterocycles. The van der Waals surface area contributed by atoms with Crippen molar-refractivity contribution in [3.63, 3.8) is 0 Å². The van der Waals surface area contributed by atoms with E-state index in [4.69, 9.17) is 4.74 Å². The summed E-state index contributed by atoms with van der Waals surface area (Å²) in [6.07, 6.45) is 1.85. The number of hydrogen-bond donors (Lipinski definition) is 3. The molecule has 1 unspecified atom stereocenters. The van der Waals surface area contributed by atoms with Crippen LogP contribution in [0.2, 0.25) is 0 Å². The molecule has 1 atom stereocenters. The van der Waals surface area contributed by atoms with E-state index >= 15 is 0 Å². The minimum atomic E-state index is -0.806. The number of nitrogens with one attached hydrogen (secondary N) is 2. The standard InChI is InChI=1S/C13H16N2O4/c16-11-6-2-1-5-10(11)15-13(18)12(17)14-8-9-4-3-7-19-9/h1-2,5-6,9,16H,3-4,7-8H2,(H,14,17)(H,15,18). The normalized spacial score (nSPS) is 18.0. The molecule has 1 aromatic carbocycles. The Balaban J connectivity index is 1.82. The summed E-state index contributed by atoms with van der Waals surface area (Å²) in [7, 11) is 0. The molecule has 1 aliphatic rings. The van der Waals surface area contributed by atoms with Crippen molar-refractivity contribution >= 4 is 17.5 Å². The Kier molecular flexibility index (Phi) is 4.35. The van der Waals surface area contributed by atoms with Crippen LogP contribution in [0, 0.1) is 0 Å². The van der Waals surface area contributed by atoms with Crippen molar-refractivity contribution in [1.82, 2.24) is 5.32 Å². The number of aromatic hydroxyl groups is 1. The van der Waals surface area contributed by atoms with Gasteiger partial charge in [0.05, 0.1) is 11.8 Å². The Hall–Kier alpha value is -2.08. The summed E-state index contributed by atoms with van der Waals surface area (Å²) >= 11 is 0. The zero-order valence-electron chi connectivity index (χ0n) is 10.4. The molecule has 1 fully saturated rings. The lowest BCUT2D eigenvalue weighted by Crippen LogP contribution is -2.39. The highest BCUT2D eigenvalue weighted by Crippen LogP contribution is 2.21. The minimum Gasteiger partial charge on any atom is -0.506 e. The van der Waals surface area contributed by atoms with Gasteiger partial charge in [0.25, 0.3) is 0 Å². The molecule has 0 spiro atoms. The van der Waals surface area contributed by atoms with Crippen molar-refractivity contribution in [3.05, 3.63) is 24.3 Å². The van der Waals surface area contributed by atoms with Gasteiger partial charge in [-0.25, -0.2) is 0 Å². The summed E-state index contributed by atoms with van der Waals surface area (Å²) in [6.45, 7) is 1.03. The molecule has 1 heterocycles. The fourth-order valence-corrected chi connectivity index (χ4v) is 1.85. The average molecular weight is 264 g/mol. The number of hydrogen-bond acceptors (Lipinski definition) is 4. The van der Waals surface area contributed by atoms with Crippen LogP contribution in [-0.2, 0) is 14.3 Å². The molecular weight excluding hydrogens is 248 g/mol. The van der Waals surface area contributed by atoms with Gasteiger partial charge in [0.2, 0.25) is 0 Å². The molecule has 6 heteroatoms. The lowest BCUT2D eigenvalue weighted by atomic mass is 10.2. The highest BCUT2D eigenvalue weighted by Gasteiger charge is 2.19. The van der Waals surface area contributed by atoms with Crippen molar-refractivity contribution in [3.8, 4) is 5.75 Å². The van der Waals surface area contributed by atoms with Gasteiger partial charge in [0.1, 0.15) is 5.75 Å². The smallest absolute Gasteiger partial charge is 0.313 e. The van der Waals surface area contributed by atoms with E-state index in [0.717, 1.165) is 12.8 Å². The molecule has 1 saturated heterocycles. The fourth-order valence-electron chi connectivity index (χ4n) is 1.85. The number of para-hydroxylation sites is 2. The van der Waals surface area contributed by atoms with Gasteiger partial charge in [0.15, 0.2) is 0 Å². The molecule has 6 nitrogen and oxygen atoms in total. The van der Waals surface area contributed by atoms with E-state index in [1.165, 1.54) is 12.1 Å². The fraction of sp³-hybridized carbons (Fsp3) is 0.385. The molecule has 1 aromatic rings. The first kappa shape index (κ1) is 13.4. The lowest BCUT2D eigenvalue weighted by molar-refractivity contribution is -0.136. The molecule has 0 bridgehead atoms. The lowest BCUT2D eigenvalue weighted by Gasteiger charge is -2.11. The third kappa shape index (κ3) is 3.69. The number of ether oxygens (including phenoxy) is 1. The predicted molar refractivity (Wildman–Crippen MR) is 68.7 cm³/mol. The molecule has 0 saturated carbocycles. The Morgan fingerprint density at radius 2 is 2.11 bits per heavy atom. The number of rotatable bonds is 3. The number of carbonyl (C=O) groups is 2. The van der Waals surface area contributed by atoms with Gasteiger partial charge >= 0.3 is 11.8 Å². The van der Waals surface area contributed by atoms with Crippen molar-refractivity contribution < 1.29 is 19.4 Å². The zero-order valence-corrected chi connectivity index (χ0v) is 10.4. The second-order valence-electron chi connectivity index (χ2n) is 4.32. The molecular formula is C13H16N2O4. The Morgan fingerprint density at radius 3 is 2.79 bits per heavy atom. The summed E-state index contributed by atoms with van der Waals surface area (Å²) < 4.78 is 5.33. The number of amides is 2. The van der Waals surface area contributed by atoms with Crippen LogP contribution in [0.4, 0.5) is 5.69 Å². The van der Waals surface area contributed by atoms with Crippen LogP contribution in [0.3, 0.4) is 0 Å². The first-order valence-electron chi connectivity index (χ1n) is 6.15. The highest BCUT2D eigenvalue weighted by atomic mass is 16.5. The molecule has 3 N–H and O–H groups in total. The predicted octanol–water partition coefficient (Wildman–Crippen LogP) is 0.626. The van der Waals surface area contributed by atoms with E-state index in [1.807, 2.05) is 0 Å². The summed E-state index contributed by atoms with van der Waals surface area (Å²) in [5.41, 5.74) is 0.208. The van der Waals surface area contributed by atoms with Crippen LogP contribution in [-0.4, -0.2) is 36.2 Å². The second kappa shape index (κ2) is 6.19. The monoisotopic (exact) mass is 264 g/mol. The number of phenols is 1. The molecule has 0 aliphatic carbocycles. The van der Waals surface area contributed by atoms with Gasteiger partial charge in [-0.1, -0.05) is 12.1 Å². The summed E-state index contributed by atoms with van der Waals surface area (Å²) in [6, 6.07) is 6.22. The Bertz CT molecular complexity index is 469. The van der Waals surface area contributed by atoms with E-state index in [2.05, 4.69) is 10.6 Å². The van der Waals surface area contributed by atoms with Crippen LogP contribution in [0.15, 0.2) is 24.3 Å². The SMILES string of the molecule is O=C(NCC1CCCO1)C(=O)Nc1ccccc1O. The van der Waals surface area contributed by atoms with Crippen LogP contribution in [0.5, 0.6) is 5.75 Å². The molecule has 102 valence electrons. The van der Waals surface area contributed by atoms with Gasteiger partial charge in [-0.05, 0) is 25.0 Å². The minimum absolute atomic E-state index is 0.0121. The third-order valence-corrected chi connectivity index (χ3v) is 2.87. The van der Waals surface area contributed by atoms with Gasteiger partial charge in [-0.2, -0.15) is 0 Å². The van der Waals surface area contributed by atoms with Crippen LogP contribution >= 0.6 is 0 Å². The second-order valence-corrected chi connectivity index (χ2v) is 4.32. The van der Waals surface area contributed by atoms with Crippen LogP contribution in [0.1, 0.15) is 12.8 Å². The molecule has 2 amide bonds. The van der Waals surface area contributed by atoms with E-state index < -0.39 is 11.8 Å². The molecule has 0 radical (unpaired) electrons. The average Bonchev–Trinajstić information content (AvgIpc) is 2.91. The summed E-state index contributed by atoms with van der Waals surface area (Å²) in [5.74, 6) is -1.62. The maximum absolute atomic E-state index is 11.6. The van der Waals surface area contributed by atoms with Crippen molar-refractivity contribution in [2.75, 3.05) is 18.5 Å². The number of carbonyl (C=O) groups excluding carboxylic acids is 2. The Morgan fingerprint density at radius 1 is 1.32 bits per heavy atom. The molecule has 19 heavy (non-hydrogen) atoms. The number of phenolic OH excluding ortho intramolecular Hbond substituents is 1. The highest BCUT2D eigenvalue weighted by molar-refractivity contribution is 6.39. The quantitative estimate of drug-likeness (QED) is 0.552. The first-order chi connectivity index (χ1) is 9.16. The van der Waals surface area contributed by atoms with Gasteiger partial charge in [-0.15, -0.1) is 0 Å². The van der Waals surface area contributed by atoms with Crippen molar-refractivity contribution in [1.29, 1.82) is 0 Å². The van der Waals surface area contributed by atoms with E-state index in [9.17, 15) is 14.7 Å². The maximum atomic E-state index is 11.6. The van der Waals surface area contributed by atoms with Crippen LogP contribution < -0.4 is 10.6 Å². The summed E-state index contributed by atoms with van der Waals surface area (Å²) in [4.78, 5) is 23.1. The van der Waals surface area contributed by atoms with Gasteiger partial charge in [0, 0.05) is 13.2 Å². The van der Waals surface area contributed by atoms with Crippen LogP contribution in [0.25, 0.3) is 0 Å². The molecule has 2 rings (SSSR count). The first-order valence-corrected chi connectivity index (χ1v) is 6.15. The Labute approximate surface area is 110 Å². The van der Waals surface area contributed by atoms with Gasteiger partial charge in [-0.3, -0.25) is 9.59 Å². The van der Waals surface area contributed by atoms with E-state index in [-0.39, 0.29) is 17.5 Å². The zero-order chi connectivity index (χ0) is 13.7. The molecule has 0 aromatic heterocycles. The maximum Gasteiger partial charge on any atom is 0.313 e. The van der Waals surface area contributed by atoms with E-state index in [1.54, 1.807) is 12.1 Å². The van der Waals surface area contributed by atoms with Crippen molar-refractivity contribution in [2.45, 2.75) is 18.9 Å². The third-order valence-electron chi connectivity index (χ3n) is 2.87. The summed E-state index contributed by atoms with van der Waals surface area (Å²) in [5, 5.41) is 14.3. The largest absolute Gasteiger partial charge is 0.506 e. The number of benzene rings is 1. The van der Waals surface area contributed by atoms with E-state index in [0.29, 0.717) is 13.2 Å². The topological polar surface area (TPSA) is 87.7 Å².